The van der Waals surface area contributed by atoms with Gasteiger partial charge < -0.3 is 14.2 Å². The van der Waals surface area contributed by atoms with Gasteiger partial charge in [-0.25, -0.2) is 0 Å². The van der Waals surface area contributed by atoms with E-state index in [1.54, 1.807) is 17.9 Å². The summed E-state index contributed by atoms with van der Waals surface area (Å²) in [5.74, 6) is 0. The van der Waals surface area contributed by atoms with Crippen LogP contribution in [-0.4, -0.2) is 31.5 Å². The second kappa shape index (κ2) is 4.70. The Labute approximate surface area is 85.6 Å². The smallest absolute Gasteiger partial charge is 0.271 e. The largest absolute Gasteiger partial charge is 0.333 e. The molecule has 0 aromatic rings. The average molecular weight is 220 g/mol. The third-order valence-corrected chi connectivity index (χ3v) is 4.32. The van der Waals surface area contributed by atoms with E-state index in [4.69, 9.17) is 14.2 Å². The summed E-state index contributed by atoms with van der Waals surface area (Å²) >= 11 is 0. The van der Waals surface area contributed by atoms with Crippen LogP contribution in [0.2, 0.25) is 0 Å². The molecule has 0 N–H and O–H groups in total. The molecule has 5 heteroatoms. The van der Waals surface area contributed by atoms with Crippen molar-refractivity contribution in [2.45, 2.75) is 24.3 Å². The third-order valence-electron chi connectivity index (χ3n) is 1.94. The van der Waals surface area contributed by atoms with Crippen LogP contribution in [0.5, 0.6) is 0 Å². The van der Waals surface area contributed by atoms with Crippen molar-refractivity contribution in [3.8, 4) is 0 Å². The molecule has 0 aromatic carbocycles. The van der Waals surface area contributed by atoms with Gasteiger partial charge in [0.05, 0.1) is 12.7 Å². The number of methoxy groups -OCH3 is 1. The average Bonchev–Trinajstić information content (AvgIpc) is 2.76. The lowest BCUT2D eigenvalue weighted by Gasteiger charge is -2.11. The molecule has 3 atom stereocenters. The van der Waals surface area contributed by atoms with Gasteiger partial charge in [0.15, 0.2) is 0 Å². The van der Waals surface area contributed by atoms with Gasteiger partial charge in [0.2, 0.25) is 0 Å². The van der Waals surface area contributed by atoms with Crippen molar-refractivity contribution in [1.29, 1.82) is 0 Å². The summed E-state index contributed by atoms with van der Waals surface area (Å²) in [4.78, 5) is 0. The molecule has 2 rings (SSSR count). The fourth-order valence-corrected chi connectivity index (χ4v) is 3.54. The SMILES string of the molecule is COC1OCC(CC2C=CSS2)O1. The number of ether oxygens (including phenoxy) is 3. The van der Waals surface area contributed by atoms with E-state index in [2.05, 4.69) is 11.5 Å². The molecule has 0 saturated carbocycles. The van der Waals surface area contributed by atoms with Gasteiger partial charge in [0, 0.05) is 12.4 Å². The Kier molecular flexibility index (Phi) is 3.57. The summed E-state index contributed by atoms with van der Waals surface area (Å²) in [7, 11) is 5.24. The van der Waals surface area contributed by atoms with Gasteiger partial charge in [-0.3, -0.25) is 0 Å². The van der Waals surface area contributed by atoms with Gasteiger partial charge in [-0.15, -0.1) is 0 Å². The van der Waals surface area contributed by atoms with Crippen molar-refractivity contribution in [3.63, 3.8) is 0 Å². The third kappa shape index (κ3) is 2.63. The van der Waals surface area contributed by atoms with E-state index < -0.39 is 6.48 Å². The van der Waals surface area contributed by atoms with E-state index in [9.17, 15) is 0 Å². The standard InChI is InChI=1S/C8H12O3S2/c1-9-8-10-5-6(11-8)4-7-2-3-12-13-7/h2-3,6-8H,4-5H2,1H3. The molecule has 2 heterocycles. The van der Waals surface area contributed by atoms with E-state index in [0.29, 0.717) is 11.9 Å². The summed E-state index contributed by atoms with van der Waals surface area (Å²) in [5.41, 5.74) is 0. The lowest BCUT2D eigenvalue weighted by molar-refractivity contribution is -0.222. The van der Waals surface area contributed by atoms with Crippen LogP contribution in [0.4, 0.5) is 0 Å². The first-order valence-electron chi connectivity index (χ1n) is 4.17. The maximum Gasteiger partial charge on any atom is 0.271 e. The van der Waals surface area contributed by atoms with Crippen LogP contribution >= 0.6 is 21.6 Å². The molecular weight excluding hydrogens is 208 g/mol. The zero-order valence-corrected chi connectivity index (χ0v) is 8.98. The van der Waals surface area contributed by atoms with Gasteiger partial charge in [0.1, 0.15) is 0 Å². The molecule has 13 heavy (non-hydrogen) atoms. The monoisotopic (exact) mass is 220 g/mol. The predicted molar refractivity (Wildman–Crippen MR) is 54.3 cm³/mol. The van der Waals surface area contributed by atoms with Crippen LogP contribution in [0, 0.1) is 0 Å². The van der Waals surface area contributed by atoms with Crippen LogP contribution in [0.1, 0.15) is 6.42 Å². The number of hydrogen-bond donors (Lipinski definition) is 0. The Morgan fingerprint density at radius 3 is 3.15 bits per heavy atom. The van der Waals surface area contributed by atoms with Crippen molar-refractivity contribution < 1.29 is 14.2 Å². The molecule has 0 aliphatic carbocycles. The van der Waals surface area contributed by atoms with Crippen molar-refractivity contribution in [1.82, 2.24) is 0 Å². The quantitative estimate of drug-likeness (QED) is 0.678. The van der Waals surface area contributed by atoms with Gasteiger partial charge in [-0.05, 0) is 11.8 Å². The molecule has 74 valence electrons. The Bertz CT molecular complexity index is 198. The zero-order valence-electron chi connectivity index (χ0n) is 7.34. The molecule has 2 aliphatic heterocycles. The topological polar surface area (TPSA) is 27.7 Å². The van der Waals surface area contributed by atoms with E-state index in [1.165, 1.54) is 0 Å². The van der Waals surface area contributed by atoms with Crippen molar-refractivity contribution in [2.75, 3.05) is 13.7 Å². The molecule has 0 amide bonds. The molecular formula is C8H12O3S2. The van der Waals surface area contributed by atoms with E-state index in [-0.39, 0.29) is 6.10 Å². The minimum absolute atomic E-state index is 0.186. The highest BCUT2D eigenvalue weighted by molar-refractivity contribution is 8.78. The first kappa shape index (κ1) is 9.86. The van der Waals surface area contributed by atoms with Crippen molar-refractivity contribution in [2.24, 2.45) is 0 Å². The minimum Gasteiger partial charge on any atom is -0.333 e. The van der Waals surface area contributed by atoms with E-state index >= 15 is 0 Å². The fourth-order valence-electron chi connectivity index (χ4n) is 1.30. The number of hydrogen-bond acceptors (Lipinski definition) is 5. The number of rotatable bonds is 3. The maximum absolute atomic E-state index is 5.47. The van der Waals surface area contributed by atoms with Gasteiger partial charge in [-0.2, -0.15) is 0 Å². The summed E-state index contributed by atoms with van der Waals surface area (Å²) in [5, 5.41) is 2.69. The molecule has 1 saturated heterocycles. The summed E-state index contributed by atoms with van der Waals surface area (Å²) in [6, 6.07) is 0. The highest BCUT2D eigenvalue weighted by atomic mass is 33.1. The first-order chi connectivity index (χ1) is 6.38. The minimum atomic E-state index is -0.451. The van der Waals surface area contributed by atoms with Crippen LogP contribution in [0.3, 0.4) is 0 Å². The lowest BCUT2D eigenvalue weighted by atomic mass is 10.2. The highest BCUT2D eigenvalue weighted by Crippen LogP contribution is 2.38. The lowest BCUT2D eigenvalue weighted by Crippen LogP contribution is -2.17. The van der Waals surface area contributed by atoms with Crippen molar-refractivity contribution >= 4 is 21.6 Å². The van der Waals surface area contributed by atoms with E-state index in [0.717, 1.165) is 6.42 Å². The van der Waals surface area contributed by atoms with Crippen molar-refractivity contribution in [3.05, 3.63) is 11.5 Å². The van der Waals surface area contributed by atoms with Crippen LogP contribution in [0.15, 0.2) is 11.5 Å². The Hall–Kier alpha value is 0.320. The molecule has 3 nitrogen and oxygen atoms in total. The zero-order chi connectivity index (χ0) is 9.10. The molecule has 0 radical (unpaired) electrons. The highest BCUT2D eigenvalue weighted by Gasteiger charge is 2.28. The van der Waals surface area contributed by atoms with Crippen LogP contribution < -0.4 is 0 Å². The molecule has 1 fully saturated rings. The normalized spacial score (nSPS) is 38.7. The molecule has 0 bridgehead atoms. The second-order valence-electron chi connectivity index (χ2n) is 2.91. The van der Waals surface area contributed by atoms with Gasteiger partial charge in [-0.1, -0.05) is 27.7 Å². The predicted octanol–water partition coefficient (Wildman–Crippen LogP) is 2.00. The first-order valence-corrected chi connectivity index (χ1v) is 6.45. The Morgan fingerprint density at radius 1 is 1.62 bits per heavy atom. The van der Waals surface area contributed by atoms with Gasteiger partial charge in [0.25, 0.3) is 6.48 Å². The van der Waals surface area contributed by atoms with E-state index in [1.807, 2.05) is 10.8 Å². The maximum atomic E-state index is 5.47. The molecule has 3 unspecified atom stereocenters. The van der Waals surface area contributed by atoms with Crippen LogP contribution in [0.25, 0.3) is 0 Å². The molecule has 0 spiro atoms. The molecule has 0 aromatic heterocycles. The van der Waals surface area contributed by atoms with Gasteiger partial charge >= 0.3 is 0 Å². The van der Waals surface area contributed by atoms with Crippen LogP contribution in [-0.2, 0) is 14.2 Å². The fraction of sp³-hybridized carbons (Fsp3) is 0.750. The summed E-state index contributed by atoms with van der Waals surface area (Å²) in [6.45, 7) is 0.196. The Balaban J connectivity index is 1.73. The Morgan fingerprint density at radius 2 is 2.54 bits per heavy atom. The summed E-state index contributed by atoms with van der Waals surface area (Å²) in [6.07, 6.45) is 3.40. The summed E-state index contributed by atoms with van der Waals surface area (Å²) < 4.78 is 15.6. The molecule has 2 aliphatic rings. The second-order valence-corrected chi connectivity index (χ2v) is 5.33.